The van der Waals surface area contributed by atoms with Crippen LogP contribution in [0, 0.1) is 24.8 Å². The number of aliphatic hydroxyl groups is 1. The van der Waals surface area contributed by atoms with Gasteiger partial charge >= 0.3 is 0 Å². The van der Waals surface area contributed by atoms with Gasteiger partial charge < -0.3 is 5.11 Å². The maximum atomic E-state index is 11.7. The number of aromatic nitrogens is 1. The van der Waals surface area contributed by atoms with Crippen LogP contribution >= 0.6 is 11.3 Å². The van der Waals surface area contributed by atoms with Gasteiger partial charge in [-0.3, -0.25) is 9.78 Å². The van der Waals surface area contributed by atoms with Crippen molar-refractivity contribution in [2.75, 3.05) is 0 Å². The third kappa shape index (κ3) is 8.13. The number of nitrogens with zero attached hydrogens (tertiary/aromatic N) is 1. The summed E-state index contributed by atoms with van der Waals surface area (Å²) in [5.74, 6) is 0.547. The molecule has 0 amide bonds. The molecule has 1 N–H and O–H groups in total. The second-order valence-corrected chi connectivity index (χ2v) is 17.2. The first kappa shape index (κ1) is 28.6. The number of pyridine rings is 1. The maximum Gasteiger partial charge on any atom is 0.162 e. The molecule has 0 unspecified atom stereocenters. The zero-order chi connectivity index (χ0) is 46.9. The fourth-order valence-corrected chi connectivity index (χ4v) is 8.77. The van der Waals surface area contributed by atoms with Gasteiger partial charge in [0.2, 0.25) is 0 Å². The standard InChI is InChI=1S/C34H36NS.C13H24O2.Ir/c1-20-17-26-28(34(7,8)15-14-33(26,5)6)31-27(20)24-13-16-35-29(30(24)36-31)22-18-21-11-9-10-12-23(21)25(19-22)32(2,3)4;1-5-10(6-2)12(14)9-13(15)11(7-3)8-4;/h9-13,16-17,19H,14-15H2,1-8H3;9-11,14H,5-8H2,1-4H3;/q-1;;/b;12-9-;/i1D3,9D,10D,11D,12D,13D,16D,17D,19D;;. The molecular weight excluding hydrogens is 835 g/mol. The van der Waals surface area contributed by atoms with E-state index in [0.29, 0.717) is 20.5 Å². The molecule has 6 rings (SSSR count). The van der Waals surface area contributed by atoms with Gasteiger partial charge in [-0.1, -0.05) is 111 Å². The van der Waals surface area contributed by atoms with Gasteiger partial charge in [-0.05, 0) is 89.7 Å². The van der Waals surface area contributed by atoms with Crippen molar-refractivity contribution in [3.05, 3.63) is 88.6 Å². The molecule has 281 valence electrons. The summed E-state index contributed by atoms with van der Waals surface area (Å²) < 4.78 is 97.5. The molecule has 1 aliphatic carbocycles. The van der Waals surface area contributed by atoms with Crippen LogP contribution < -0.4 is 0 Å². The summed E-state index contributed by atoms with van der Waals surface area (Å²) in [6.45, 7) is 19.1. The summed E-state index contributed by atoms with van der Waals surface area (Å²) in [7, 11) is 0. The number of hydrogen-bond donors (Lipinski definition) is 1. The number of carbonyl (C=O) groups excluding carboxylic acids is 1. The van der Waals surface area contributed by atoms with E-state index in [-0.39, 0.29) is 112 Å². The molecule has 3 nitrogen and oxygen atoms in total. The van der Waals surface area contributed by atoms with Crippen molar-refractivity contribution in [2.45, 2.75) is 138 Å². The molecule has 5 aromatic rings. The summed E-state index contributed by atoms with van der Waals surface area (Å²) in [6.07, 6.45) is 6.03. The van der Waals surface area contributed by atoms with Gasteiger partial charge in [0, 0.05) is 71.5 Å². The number of rotatable bonds is 8. The Kier molecular flexibility index (Phi) is 8.93. The zero-order valence-corrected chi connectivity index (χ0v) is 35.7. The summed E-state index contributed by atoms with van der Waals surface area (Å²) in [4.78, 5) is 16.2. The first-order valence-electron chi connectivity index (χ1n) is 23.9. The fraction of sp³-hybridized carbons (Fsp3) is 0.489. The first-order valence-corrected chi connectivity index (χ1v) is 19.2. The van der Waals surface area contributed by atoms with Crippen LogP contribution in [0.4, 0.5) is 0 Å². The quantitative estimate of drug-likeness (QED) is 0.0959. The molecule has 1 radical (unpaired) electrons. The Balaban J connectivity index is 0.000000467. The van der Waals surface area contributed by atoms with Crippen LogP contribution in [0.15, 0.2) is 60.3 Å². The number of aliphatic hydroxyl groups excluding tert-OH is 1. The number of ketones is 1. The maximum absolute atomic E-state index is 11.7. The van der Waals surface area contributed by atoms with Gasteiger partial charge in [-0.2, -0.15) is 0 Å². The largest absolute Gasteiger partial charge is 0.512 e. The molecule has 2 aromatic heterocycles. The monoisotopic (exact) mass is 906 g/mol. The van der Waals surface area contributed by atoms with E-state index in [1.165, 1.54) is 17.4 Å². The Hall–Kier alpha value is -2.85. The fourth-order valence-electron chi connectivity index (χ4n) is 7.28. The van der Waals surface area contributed by atoms with Crippen molar-refractivity contribution in [1.29, 1.82) is 0 Å². The number of carbonyl (C=O) groups is 1. The molecule has 0 saturated heterocycles. The molecule has 0 fully saturated rings. The number of fused-ring (bicyclic) bond motifs is 6. The number of allylic oxidation sites excluding steroid dienone is 2. The van der Waals surface area contributed by atoms with Crippen LogP contribution in [0.25, 0.3) is 42.2 Å². The van der Waals surface area contributed by atoms with E-state index in [1.807, 2.05) is 62.3 Å². The molecular formula is C47H60IrNO2S-. The molecule has 1 aliphatic rings. The minimum atomic E-state index is -2.70. The Bertz CT molecular complexity index is 2630. The average Bonchev–Trinajstić information content (AvgIpc) is 3.55. The van der Waals surface area contributed by atoms with E-state index >= 15 is 0 Å². The predicted octanol–water partition coefficient (Wildman–Crippen LogP) is 13.9. The molecule has 52 heavy (non-hydrogen) atoms. The van der Waals surface area contributed by atoms with Gasteiger partial charge in [-0.25, -0.2) is 0 Å². The predicted molar refractivity (Wildman–Crippen MR) is 221 cm³/mol. The van der Waals surface area contributed by atoms with E-state index in [4.69, 9.17) is 12.3 Å². The van der Waals surface area contributed by atoms with Crippen molar-refractivity contribution in [2.24, 2.45) is 11.8 Å². The van der Waals surface area contributed by atoms with Crippen molar-refractivity contribution in [3.63, 3.8) is 0 Å². The van der Waals surface area contributed by atoms with Gasteiger partial charge in [0.25, 0.3) is 0 Å². The molecule has 0 atom stereocenters. The molecule has 0 saturated carbocycles. The summed E-state index contributed by atoms with van der Waals surface area (Å²) >= 11 is 1.25. The third-order valence-corrected chi connectivity index (χ3v) is 11.9. The molecule has 0 aliphatic heterocycles. The van der Waals surface area contributed by atoms with Crippen molar-refractivity contribution in [1.82, 2.24) is 4.98 Å². The number of hydrogen-bond acceptors (Lipinski definition) is 4. The van der Waals surface area contributed by atoms with E-state index in [9.17, 15) is 12.6 Å². The molecule has 5 heteroatoms. The third-order valence-electron chi connectivity index (χ3n) is 10.7. The van der Waals surface area contributed by atoms with Crippen LogP contribution in [0.3, 0.4) is 0 Å². The molecule has 3 aromatic carbocycles. The smallest absolute Gasteiger partial charge is 0.162 e. The van der Waals surface area contributed by atoms with Gasteiger partial charge in [-0.15, -0.1) is 40.4 Å². The Morgan fingerprint density at radius 2 is 1.60 bits per heavy atom. The van der Waals surface area contributed by atoms with Crippen LogP contribution in [0.5, 0.6) is 0 Å². The van der Waals surface area contributed by atoms with Gasteiger partial charge in [0.1, 0.15) is 0 Å². The molecule has 0 bridgehead atoms. The molecule has 2 heterocycles. The van der Waals surface area contributed by atoms with E-state index in [0.717, 1.165) is 44.1 Å². The van der Waals surface area contributed by atoms with Crippen LogP contribution in [-0.4, -0.2) is 15.9 Å². The van der Waals surface area contributed by atoms with Crippen LogP contribution in [-0.2, 0) is 41.1 Å². The number of thiophene rings is 1. The average molecular weight is 906 g/mol. The Morgan fingerprint density at radius 1 is 0.962 bits per heavy atom. The SMILES string of the molecule is CCC(CC)C(=O)/C=C(\O)C(CC)CC.[2H]c1nc(-c2[c-]c3c([2H])c([2H])c([2H])c([2H])c3c(C(C)(C)C)c2[2H])c2sc3c4c(c([2H])c(C([2H])([2H])[2H])c3c2c1[2H])C(C)(C)CCC4(C)C.[Ir]. The van der Waals surface area contributed by atoms with Gasteiger partial charge in [0.15, 0.2) is 5.78 Å². The summed E-state index contributed by atoms with van der Waals surface area (Å²) in [5, 5.41) is 10.5. The summed E-state index contributed by atoms with van der Waals surface area (Å²) in [6, 6.07) is 1.23. The van der Waals surface area contributed by atoms with Crippen molar-refractivity contribution >= 4 is 48.1 Å². The Morgan fingerprint density at radius 3 is 2.21 bits per heavy atom. The van der Waals surface area contributed by atoms with E-state index in [2.05, 4.69) is 24.9 Å². The number of benzene rings is 3. The topological polar surface area (TPSA) is 50.2 Å². The van der Waals surface area contributed by atoms with Crippen LogP contribution in [0.2, 0.25) is 0 Å². The van der Waals surface area contributed by atoms with E-state index < -0.39 is 41.4 Å². The van der Waals surface area contributed by atoms with Crippen molar-refractivity contribution in [3.8, 4) is 11.3 Å². The second-order valence-electron chi connectivity index (χ2n) is 16.2. The second kappa shape index (κ2) is 16.3. The first-order chi connectivity index (χ1) is 28.5. The Labute approximate surface area is 346 Å². The van der Waals surface area contributed by atoms with E-state index in [1.54, 1.807) is 0 Å². The van der Waals surface area contributed by atoms with Gasteiger partial charge in [0.05, 0.1) is 14.0 Å². The number of aryl methyl sites for hydroxylation is 1. The van der Waals surface area contributed by atoms with Crippen molar-refractivity contribution < 1.29 is 45.1 Å². The molecule has 0 spiro atoms. The van der Waals surface area contributed by atoms with Crippen LogP contribution in [0.1, 0.15) is 152 Å². The normalized spacial score (nSPS) is 18.7. The summed E-state index contributed by atoms with van der Waals surface area (Å²) in [5.41, 5.74) is 0.305. The minimum Gasteiger partial charge on any atom is -0.512 e. The zero-order valence-electron chi connectivity index (χ0n) is 43.5. The minimum absolute atomic E-state index is 0.